The first-order valence-electron chi connectivity index (χ1n) is 5.68. The van der Waals surface area contributed by atoms with Crippen LogP contribution in [0.15, 0.2) is 24.4 Å². The van der Waals surface area contributed by atoms with E-state index < -0.39 is 5.97 Å². The number of hydrogen-bond acceptors (Lipinski definition) is 5. The van der Waals surface area contributed by atoms with Gasteiger partial charge in [0.2, 0.25) is 0 Å². The predicted octanol–water partition coefficient (Wildman–Crippen LogP) is 1.09. The van der Waals surface area contributed by atoms with Gasteiger partial charge in [-0.1, -0.05) is 0 Å². The number of nitrogens with two attached hydrogens (primary N) is 1. The molecule has 0 saturated heterocycles. The van der Waals surface area contributed by atoms with Gasteiger partial charge in [0.05, 0.1) is 31.0 Å². The first kappa shape index (κ1) is 13.4. The van der Waals surface area contributed by atoms with Crippen LogP contribution in [-0.4, -0.2) is 28.0 Å². The first-order chi connectivity index (χ1) is 9.55. The van der Waals surface area contributed by atoms with E-state index >= 15 is 0 Å². The number of nitriles is 1. The molecule has 0 amide bonds. The van der Waals surface area contributed by atoms with Crippen molar-refractivity contribution in [1.29, 1.82) is 5.26 Å². The maximum absolute atomic E-state index is 10.9. The van der Waals surface area contributed by atoms with Crippen molar-refractivity contribution in [3.05, 3.63) is 41.2 Å². The van der Waals surface area contributed by atoms with E-state index in [2.05, 4.69) is 5.10 Å². The van der Waals surface area contributed by atoms with Crippen LogP contribution in [0.2, 0.25) is 0 Å². The number of methoxy groups -OCH3 is 1. The van der Waals surface area contributed by atoms with E-state index in [-0.39, 0.29) is 17.9 Å². The van der Waals surface area contributed by atoms with Crippen molar-refractivity contribution < 1.29 is 14.6 Å². The maximum atomic E-state index is 10.9. The number of nitrogen functional groups attached to an aromatic ring is 1. The number of carbonyl (C=O) groups is 1. The predicted molar refractivity (Wildman–Crippen MR) is 70.4 cm³/mol. The van der Waals surface area contributed by atoms with Crippen LogP contribution in [0.25, 0.3) is 0 Å². The van der Waals surface area contributed by atoms with Gasteiger partial charge in [-0.15, -0.1) is 0 Å². The van der Waals surface area contributed by atoms with Crippen LogP contribution in [0.5, 0.6) is 5.75 Å². The monoisotopic (exact) mass is 272 g/mol. The molecule has 7 heteroatoms. The highest BCUT2D eigenvalue weighted by atomic mass is 16.5. The quantitative estimate of drug-likeness (QED) is 0.861. The fraction of sp³-hybridized carbons (Fsp3) is 0.154. The Bertz CT molecular complexity index is 700. The van der Waals surface area contributed by atoms with E-state index in [0.717, 1.165) is 0 Å². The molecular formula is C13H12N4O3. The van der Waals surface area contributed by atoms with Crippen LogP contribution in [0, 0.1) is 11.3 Å². The molecule has 0 radical (unpaired) electrons. The number of aromatic nitrogens is 2. The van der Waals surface area contributed by atoms with Crippen molar-refractivity contribution >= 4 is 11.7 Å². The van der Waals surface area contributed by atoms with Gasteiger partial charge in [0.15, 0.2) is 5.69 Å². The third-order valence-corrected chi connectivity index (χ3v) is 2.73. The lowest BCUT2D eigenvalue weighted by atomic mass is 10.1. The molecule has 0 aliphatic carbocycles. The van der Waals surface area contributed by atoms with Gasteiger partial charge in [-0.25, -0.2) is 4.79 Å². The van der Waals surface area contributed by atoms with Crippen molar-refractivity contribution in [3.8, 4) is 11.8 Å². The summed E-state index contributed by atoms with van der Waals surface area (Å²) >= 11 is 0. The molecule has 7 nitrogen and oxygen atoms in total. The number of hydrogen-bond donors (Lipinski definition) is 2. The molecule has 20 heavy (non-hydrogen) atoms. The van der Waals surface area contributed by atoms with Crippen molar-refractivity contribution in [2.45, 2.75) is 6.54 Å². The summed E-state index contributed by atoms with van der Waals surface area (Å²) in [7, 11) is 1.52. The zero-order valence-electron chi connectivity index (χ0n) is 10.7. The number of nitrogens with zero attached hydrogens (tertiary/aromatic N) is 3. The summed E-state index contributed by atoms with van der Waals surface area (Å²) in [5.74, 6) is -0.589. The van der Waals surface area contributed by atoms with Gasteiger partial charge >= 0.3 is 5.97 Å². The van der Waals surface area contributed by atoms with Gasteiger partial charge in [0.25, 0.3) is 0 Å². The molecule has 1 heterocycles. The topological polar surface area (TPSA) is 114 Å². The Kier molecular flexibility index (Phi) is 3.57. The molecule has 0 unspecified atom stereocenters. The zero-order valence-corrected chi connectivity index (χ0v) is 10.7. The van der Waals surface area contributed by atoms with E-state index in [1.807, 2.05) is 6.07 Å². The standard InChI is InChI=1S/C13H12N4O3/c1-20-11-3-2-8(5-14)4-9(11)6-17-7-10(15)12(16-17)13(18)19/h2-4,7H,6,15H2,1H3,(H,18,19). The van der Waals surface area contributed by atoms with E-state index in [1.165, 1.54) is 18.0 Å². The molecule has 3 N–H and O–H groups in total. The molecule has 0 aliphatic rings. The smallest absolute Gasteiger partial charge is 0.358 e. The SMILES string of the molecule is COc1ccc(C#N)cc1Cn1cc(N)c(C(=O)O)n1. The molecular weight excluding hydrogens is 260 g/mol. The zero-order chi connectivity index (χ0) is 14.7. The highest BCUT2D eigenvalue weighted by molar-refractivity contribution is 5.91. The van der Waals surface area contributed by atoms with Gasteiger partial charge in [-0.05, 0) is 18.2 Å². The largest absolute Gasteiger partial charge is 0.496 e. The number of rotatable bonds is 4. The molecule has 0 spiro atoms. The maximum Gasteiger partial charge on any atom is 0.358 e. The van der Waals surface area contributed by atoms with Crippen molar-refractivity contribution in [2.75, 3.05) is 12.8 Å². The van der Waals surface area contributed by atoms with Crippen molar-refractivity contribution in [2.24, 2.45) is 0 Å². The Hall–Kier alpha value is -3.01. The lowest BCUT2D eigenvalue weighted by Crippen LogP contribution is -2.05. The number of aromatic carboxylic acids is 1. The van der Waals surface area contributed by atoms with E-state index in [1.54, 1.807) is 18.2 Å². The van der Waals surface area contributed by atoms with Crippen molar-refractivity contribution in [1.82, 2.24) is 9.78 Å². The molecule has 0 atom stereocenters. The Morgan fingerprint density at radius 2 is 2.35 bits per heavy atom. The molecule has 102 valence electrons. The van der Waals surface area contributed by atoms with E-state index in [4.69, 9.17) is 20.8 Å². The van der Waals surface area contributed by atoms with Gasteiger partial charge in [-0.3, -0.25) is 4.68 Å². The second-order valence-electron chi connectivity index (χ2n) is 4.07. The first-order valence-corrected chi connectivity index (χ1v) is 5.68. The summed E-state index contributed by atoms with van der Waals surface area (Å²) < 4.78 is 6.60. The molecule has 2 rings (SSSR count). The minimum Gasteiger partial charge on any atom is -0.496 e. The van der Waals surface area contributed by atoms with Crippen molar-refractivity contribution in [3.63, 3.8) is 0 Å². The summed E-state index contributed by atoms with van der Waals surface area (Å²) in [5.41, 5.74) is 6.67. The number of ether oxygens (including phenoxy) is 1. The molecule has 1 aromatic heterocycles. The normalized spacial score (nSPS) is 10.0. The molecule has 0 bridgehead atoms. The van der Waals surface area contributed by atoms with Crippen LogP contribution in [0.3, 0.4) is 0 Å². The van der Waals surface area contributed by atoms with Crippen LogP contribution >= 0.6 is 0 Å². The van der Waals surface area contributed by atoms with E-state index in [0.29, 0.717) is 16.9 Å². The lowest BCUT2D eigenvalue weighted by Gasteiger charge is -2.08. The molecule has 0 fully saturated rings. The summed E-state index contributed by atoms with van der Waals surface area (Å²) in [6, 6.07) is 7.02. The fourth-order valence-corrected chi connectivity index (χ4v) is 1.83. The summed E-state index contributed by atoms with van der Waals surface area (Å²) in [4.78, 5) is 10.9. The van der Waals surface area contributed by atoms with E-state index in [9.17, 15) is 4.79 Å². The third-order valence-electron chi connectivity index (χ3n) is 2.73. The minimum atomic E-state index is -1.18. The average molecular weight is 272 g/mol. The third kappa shape index (κ3) is 2.54. The molecule has 0 saturated carbocycles. The van der Waals surface area contributed by atoms with Gasteiger partial charge in [0, 0.05) is 11.8 Å². The minimum absolute atomic E-state index is 0.0907. The number of anilines is 1. The summed E-state index contributed by atoms with van der Waals surface area (Å²) in [5, 5.41) is 21.7. The number of carboxylic acid groups (broad SMARTS) is 1. The highest BCUT2D eigenvalue weighted by Crippen LogP contribution is 2.21. The summed E-state index contributed by atoms with van der Waals surface area (Å²) in [6.45, 7) is 0.260. The van der Waals surface area contributed by atoms with Crippen LogP contribution < -0.4 is 10.5 Å². The molecule has 0 aliphatic heterocycles. The molecule has 1 aromatic carbocycles. The second-order valence-corrected chi connectivity index (χ2v) is 4.07. The van der Waals surface area contributed by atoms with Gasteiger partial charge in [0.1, 0.15) is 5.75 Å². The fourth-order valence-electron chi connectivity index (χ4n) is 1.83. The Morgan fingerprint density at radius 1 is 1.60 bits per heavy atom. The van der Waals surface area contributed by atoms with Crippen LogP contribution in [-0.2, 0) is 6.54 Å². The average Bonchev–Trinajstić information content (AvgIpc) is 2.79. The Morgan fingerprint density at radius 3 is 2.90 bits per heavy atom. The Balaban J connectivity index is 2.36. The van der Waals surface area contributed by atoms with Gasteiger partial charge in [-0.2, -0.15) is 10.4 Å². The number of carboxylic acids is 1. The van der Waals surface area contributed by atoms with Crippen LogP contribution in [0.1, 0.15) is 21.6 Å². The second kappa shape index (κ2) is 5.32. The van der Waals surface area contributed by atoms with Gasteiger partial charge < -0.3 is 15.6 Å². The highest BCUT2D eigenvalue weighted by Gasteiger charge is 2.14. The van der Waals surface area contributed by atoms with Crippen LogP contribution in [0.4, 0.5) is 5.69 Å². The molecule has 2 aromatic rings. The number of benzene rings is 1. The summed E-state index contributed by atoms with van der Waals surface area (Å²) in [6.07, 6.45) is 1.43. The lowest BCUT2D eigenvalue weighted by molar-refractivity contribution is 0.0690. The Labute approximate surface area is 114 Å².